The molecule has 1 heterocycles. The second kappa shape index (κ2) is 8.89. The number of rotatable bonds is 6. The monoisotopic (exact) mass is 359 g/mol. The van der Waals surface area contributed by atoms with Crippen molar-refractivity contribution in [2.75, 3.05) is 27.1 Å². The maximum atomic E-state index is 12.2. The summed E-state index contributed by atoms with van der Waals surface area (Å²) in [5.74, 6) is 0.661. The molecule has 1 aliphatic heterocycles. The van der Waals surface area contributed by atoms with Crippen LogP contribution in [0.4, 0.5) is 5.69 Å². The highest BCUT2D eigenvalue weighted by atomic mass is 35.5. The smallest absolute Gasteiger partial charge is 0.184 e. The van der Waals surface area contributed by atoms with Crippen LogP contribution in [0, 0.1) is 0 Å². The van der Waals surface area contributed by atoms with E-state index in [9.17, 15) is 4.21 Å². The Morgan fingerprint density at radius 3 is 2.61 bits per heavy atom. The van der Waals surface area contributed by atoms with Gasteiger partial charge in [0.05, 0.1) is 28.1 Å². The SMILES string of the molecule is COCc1ccc(C(OC)OC)c(Cl)c1N=C1CCCCS1=O. The highest BCUT2D eigenvalue weighted by Crippen LogP contribution is 2.38. The lowest BCUT2D eigenvalue weighted by Gasteiger charge is -2.19. The van der Waals surface area contributed by atoms with E-state index in [1.54, 1.807) is 21.3 Å². The molecule has 1 unspecified atom stereocenters. The topological polar surface area (TPSA) is 57.1 Å². The van der Waals surface area contributed by atoms with Crippen LogP contribution in [0.25, 0.3) is 0 Å². The van der Waals surface area contributed by atoms with E-state index >= 15 is 0 Å². The van der Waals surface area contributed by atoms with E-state index in [1.807, 2.05) is 12.1 Å². The van der Waals surface area contributed by atoms with Gasteiger partial charge in [-0.15, -0.1) is 0 Å². The molecular formula is C16H22ClNO4S. The zero-order chi connectivity index (χ0) is 16.8. The first-order valence-corrected chi connectivity index (χ1v) is 9.13. The largest absolute Gasteiger partial charge is 0.380 e. The van der Waals surface area contributed by atoms with Gasteiger partial charge < -0.3 is 14.2 Å². The molecule has 0 aliphatic carbocycles. The van der Waals surface area contributed by atoms with Gasteiger partial charge in [0.15, 0.2) is 6.29 Å². The van der Waals surface area contributed by atoms with Crippen molar-refractivity contribution in [1.29, 1.82) is 0 Å². The molecule has 23 heavy (non-hydrogen) atoms. The molecule has 1 fully saturated rings. The zero-order valence-electron chi connectivity index (χ0n) is 13.6. The highest BCUT2D eigenvalue weighted by Gasteiger charge is 2.21. The van der Waals surface area contributed by atoms with E-state index in [-0.39, 0.29) is 0 Å². The van der Waals surface area contributed by atoms with Crippen LogP contribution in [-0.2, 0) is 31.6 Å². The fraction of sp³-hybridized carbons (Fsp3) is 0.562. The van der Waals surface area contributed by atoms with Gasteiger partial charge in [0.2, 0.25) is 0 Å². The van der Waals surface area contributed by atoms with Crippen LogP contribution in [-0.4, -0.2) is 36.3 Å². The van der Waals surface area contributed by atoms with Crippen molar-refractivity contribution in [2.45, 2.75) is 32.2 Å². The van der Waals surface area contributed by atoms with Crippen LogP contribution in [0.5, 0.6) is 0 Å². The zero-order valence-corrected chi connectivity index (χ0v) is 15.2. The Kier molecular flexibility index (Phi) is 7.17. The van der Waals surface area contributed by atoms with Gasteiger partial charge in [0.1, 0.15) is 5.04 Å². The Hall–Kier alpha value is -0.790. The van der Waals surface area contributed by atoms with Gasteiger partial charge in [-0.2, -0.15) is 0 Å². The first-order valence-electron chi connectivity index (χ1n) is 7.44. The van der Waals surface area contributed by atoms with Crippen molar-refractivity contribution in [3.05, 3.63) is 28.3 Å². The van der Waals surface area contributed by atoms with Gasteiger partial charge in [-0.3, -0.25) is 4.21 Å². The molecule has 7 heteroatoms. The van der Waals surface area contributed by atoms with Crippen LogP contribution >= 0.6 is 11.6 Å². The molecule has 128 valence electrons. The Bertz CT molecular complexity index is 602. The molecule has 0 radical (unpaired) electrons. The van der Waals surface area contributed by atoms with Gasteiger partial charge in [-0.25, -0.2) is 4.99 Å². The van der Waals surface area contributed by atoms with Crippen LogP contribution in [0.15, 0.2) is 17.1 Å². The lowest BCUT2D eigenvalue weighted by molar-refractivity contribution is -0.105. The number of aliphatic imine (C=N–C) groups is 1. The average molecular weight is 360 g/mol. The molecule has 0 amide bonds. The Balaban J connectivity index is 2.51. The second-order valence-corrected chi connectivity index (χ2v) is 7.17. The number of hydrogen-bond donors (Lipinski definition) is 0. The Morgan fingerprint density at radius 1 is 1.26 bits per heavy atom. The first-order chi connectivity index (χ1) is 11.1. The number of ether oxygens (including phenoxy) is 3. The molecule has 0 saturated carbocycles. The molecular weight excluding hydrogens is 338 g/mol. The average Bonchev–Trinajstić information content (AvgIpc) is 2.55. The Morgan fingerprint density at radius 2 is 2.00 bits per heavy atom. The summed E-state index contributed by atoms with van der Waals surface area (Å²) >= 11 is 6.55. The first kappa shape index (κ1) is 18.5. The van der Waals surface area contributed by atoms with Crippen molar-refractivity contribution < 1.29 is 18.4 Å². The molecule has 2 rings (SSSR count). The standard InChI is InChI=1S/C16H22ClNO4S/c1-20-10-11-7-8-12(16(21-2)22-3)14(17)15(11)18-13-6-4-5-9-23(13)19/h7-8,16H,4-6,9-10H2,1-3H3. The number of methoxy groups -OCH3 is 3. The lowest BCUT2D eigenvalue weighted by atomic mass is 10.1. The summed E-state index contributed by atoms with van der Waals surface area (Å²) in [6, 6.07) is 3.73. The van der Waals surface area contributed by atoms with E-state index < -0.39 is 17.1 Å². The number of benzene rings is 1. The van der Waals surface area contributed by atoms with Crippen molar-refractivity contribution >= 4 is 33.1 Å². The summed E-state index contributed by atoms with van der Waals surface area (Å²) in [5.41, 5.74) is 2.13. The summed E-state index contributed by atoms with van der Waals surface area (Å²) < 4.78 is 28.0. The summed E-state index contributed by atoms with van der Waals surface area (Å²) in [7, 11) is 3.69. The fourth-order valence-corrected chi connectivity index (χ4v) is 4.10. The van der Waals surface area contributed by atoms with E-state index in [1.165, 1.54) is 0 Å². The van der Waals surface area contributed by atoms with Gasteiger partial charge >= 0.3 is 0 Å². The predicted octanol–water partition coefficient (Wildman–Crippen LogP) is 3.74. The molecule has 1 atom stereocenters. The molecule has 0 spiro atoms. The second-order valence-electron chi connectivity index (χ2n) is 5.23. The van der Waals surface area contributed by atoms with Crippen molar-refractivity contribution in [1.82, 2.24) is 0 Å². The van der Waals surface area contributed by atoms with Crippen LogP contribution in [0.1, 0.15) is 36.7 Å². The van der Waals surface area contributed by atoms with Crippen molar-refractivity contribution in [3.8, 4) is 0 Å². The quantitative estimate of drug-likeness (QED) is 0.726. The Labute approximate surface area is 144 Å². The molecule has 0 aromatic heterocycles. The molecule has 1 aromatic rings. The number of nitrogens with zero attached hydrogens (tertiary/aromatic N) is 1. The minimum atomic E-state index is -1.03. The van der Waals surface area contributed by atoms with Crippen molar-refractivity contribution in [3.63, 3.8) is 0 Å². The lowest BCUT2D eigenvalue weighted by Crippen LogP contribution is -2.16. The molecule has 1 aromatic carbocycles. The summed E-state index contributed by atoms with van der Waals surface area (Å²) in [5, 5.41) is 1.14. The maximum absolute atomic E-state index is 12.2. The minimum absolute atomic E-state index is 0.378. The van der Waals surface area contributed by atoms with Gasteiger partial charge in [-0.05, 0) is 19.3 Å². The van der Waals surface area contributed by atoms with E-state index in [0.717, 1.165) is 24.8 Å². The predicted molar refractivity (Wildman–Crippen MR) is 92.9 cm³/mol. The van der Waals surface area contributed by atoms with Crippen LogP contribution in [0.2, 0.25) is 5.02 Å². The van der Waals surface area contributed by atoms with E-state index in [4.69, 9.17) is 25.8 Å². The van der Waals surface area contributed by atoms with Crippen LogP contribution in [0.3, 0.4) is 0 Å². The van der Waals surface area contributed by atoms with Crippen molar-refractivity contribution in [2.24, 2.45) is 4.99 Å². The molecule has 0 bridgehead atoms. The van der Waals surface area contributed by atoms with Gasteiger partial charge in [0.25, 0.3) is 0 Å². The third kappa shape index (κ3) is 4.39. The van der Waals surface area contributed by atoms with Gasteiger partial charge in [-0.1, -0.05) is 23.7 Å². The van der Waals surface area contributed by atoms with Crippen LogP contribution < -0.4 is 0 Å². The molecule has 5 nitrogen and oxygen atoms in total. The summed E-state index contributed by atoms with van der Waals surface area (Å²) in [6.07, 6.45) is 2.13. The fourth-order valence-electron chi connectivity index (χ4n) is 2.52. The maximum Gasteiger partial charge on any atom is 0.184 e. The highest BCUT2D eigenvalue weighted by molar-refractivity contribution is 8.00. The molecule has 1 aliphatic rings. The molecule has 1 saturated heterocycles. The summed E-state index contributed by atoms with van der Waals surface area (Å²) in [6.45, 7) is 0.378. The number of halogens is 1. The minimum Gasteiger partial charge on any atom is -0.380 e. The third-order valence-corrected chi connectivity index (χ3v) is 5.56. The number of hydrogen-bond acceptors (Lipinski definition) is 5. The third-order valence-electron chi connectivity index (χ3n) is 3.68. The molecule has 0 N–H and O–H groups in total. The summed E-state index contributed by atoms with van der Waals surface area (Å²) in [4.78, 5) is 4.62. The normalized spacial score (nSPS) is 20.4. The van der Waals surface area contributed by atoms with Gasteiger partial charge in [0, 0.05) is 38.2 Å². The van der Waals surface area contributed by atoms with E-state index in [0.29, 0.717) is 33.7 Å². The van der Waals surface area contributed by atoms with E-state index in [2.05, 4.69) is 4.99 Å².